The van der Waals surface area contributed by atoms with Gasteiger partial charge in [-0.25, -0.2) is 0 Å². The molecule has 0 saturated heterocycles. The number of aryl methyl sites for hydroxylation is 1. The Labute approximate surface area is 119 Å². The fraction of sp³-hybridized carbons (Fsp3) is 0.154. The first-order valence-corrected chi connectivity index (χ1v) is 6.96. The first-order chi connectivity index (χ1) is 9.74. The summed E-state index contributed by atoms with van der Waals surface area (Å²) in [5, 5.41) is 12.1. The summed E-state index contributed by atoms with van der Waals surface area (Å²) in [6, 6.07) is 9.25. The molecule has 0 aliphatic carbocycles. The van der Waals surface area contributed by atoms with Crippen molar-refractivity contribution in [2.45, 2.75) is 5.16 Å². The summed E-state index contributed by atoms with van der Waals surface area (Å²) in [4.78, 5) is 12.0. The Hall–Kier alpha value is -2.28. The molecule has 0 radical (unpaired) electrons. The summed E-state index contributed by atoms with van der Waals surface area (Å²) >= 11 is 1.40. The van der Waals surface area contributed by atoms with Crippen LogP contribution in [-0.2, 0) is 7.05 Å². The van der Waals surface area contributed by atoms with Crippen LogP contribution < -0.4 is 5.32 Å². The quantitative estimate of drug-likeness (QED) is 0.587. The number of thioether (sulfide) groups is 1. The molecule has 20 heavy (non-hydrogen) atoms. The molecule has 3 aromatic rings. The Morgan fingerprint density at radius 1 is 1.45 bits per heavy atom. The maximum absolute atomic E-state index is 12.0. The van der Waals surface area contributed by atoms with E-state index in [9.17, 15) is 4.79 Å². The van der Waals surface area contributed by atoms with Gasteiger partial charge in [-0.3, -0.25) is 4.79 Å². The molecule has 2 heterocycles. The third kappa shape index (κ3) is 2.53. The van der Waals surface area contributed by atoms with Gasteiger partial charge in [0.05, 0.1) is 5.88 Å². The molecule has 0 unspecified atom stereocenters. The molecule has 0 aliphatic heterocycles. The highest BCUT2D eigenvalue weighted by Gasteiger charge is 2.12. The van der Waals surface area contributed by atoms with Gasteiger partial charge < -0.3 is 14.3 Å². The molecule has 0 aliphatic rings. The molecule has 0 spiro atoms. The van der Waals surface area contributed by atoms with Crippen molar-refractivity contribution in [1.82, 2.24) is 20.1 Å². The van der Waals surface area contributed by atoms with Crippen LogP contribution in [0.2, 0.25) is 0 Å². The third-order valence-electron chi connectivity index (χ3n) is 2.75. The number of aromatic nitrogens is 3. The van der Waals surface area contributed by atoms with Crippen molar-refractivity contribution < 1.29 is 9.21 Å². The minimum atomic E-state index is -0.240. The highest BCUT2D eigenvalue weighted by atomic mass is 32.2. The van der Waals surface area contributed by atoms with E-state index >= 15 is 0 Å². The third-order valence-corrected chi connectivity index (χ3v) is 3.67. The highest BCUT2D eigenvalue weighted by molar-refractivity contribution is 7.99. The molecular weight excluding hydrogens is 276 g/mol. The van der Waals surface area contributed by atoms with Crippen LogP contribution in [-0.4, -0.2) is 26.5 Å². The molecule has 102 valence electrons. The number of hydrogen-bond donors (Lipinski definition) is 1. The predicted octanol–water partition coefficient (Wildman–Crippen LogP) is 2.04. The number of nitrogens with one attached hydrogen (secondary N) is 1. The van der Waals surface area contributed by atoms with Crippen molar-refractivity contribution in [2.24, 2.45) is 7.05 Å². The van der Waals surface area contributed by atoms with Gasteiger partial charge in [0.25, 0.3) is 5.91 Å². The van der Waals surface area contributed by atoms with Gasteiger partial charge in [0.2, 0.25) is 0 Å². The molecule has 3 rings (SSSR count). The average Bonchev–Trinajstić information content (AvgIpc) is 3.05. The normalized spacial score (nSPS) is 10.8. The topological polar surface area (TPSA) is 73.0 Å². The van der Waals surface area contributed by atoms with Crippen LogP contribution in [0.15, 0.2) is 46.2 Å². The van der Waals surface area contributed by atoms with E-state index in [0.29, 0.717) is 17.2 Å². The maximum Gasteiger partial charge on any atom is 0.287 e. The Balaban J connectivity index is 1.63. The van der Waals surface area contributed by atoms with Crippen LogP contribution in [0.5, 0.6) is 0 Å². The maximum atomic E-state index is 12.0. The number of rotatable bonds is 4. The van der Waals surface area contributed by atoms with Crippen molar-refractivity contribution in [1.29, 1.82) is 0 Å². The van der Waals surface area contributed by atoms with E-state index in [0.717, 1.165) is 10.5 Å². The van der Waals surface area contributed by atoms with Crippen molar-refractivity contribution in [3.8, 4) is 0 Å². The van der Waals surface area contributed by atoms with Crippen LogP contribution in [0.4, 0.5) is 0 Å². The first kappa shape index (κ1) is 12.7. The number of fused-ring (bicyclic) bond motifs is 1. The van der Waals surface area contributed by atoms with Crippen LogP contribution >= 0.6 is 11.8 Å². The summed E-state index contributed by atoms with van der Waals surface area (Å²) in [7, 11) is 1.85. The van der Waals surface area contributed by atoms with Gasteiger partial charge in [-0.15, -0.1) is 10.2 Å². The van der Waals surface area contributed by atoms with Gasteiger partial charge in [0.1, 0.15) is 11.9 Å². The second-order valence-corrected chi connectivity index (χ2v) is 5.11. The van der Waals surface area contributed by atoms with Crippen molar-refractivity contribution in [2.75, 3.05) is 5.88 Å². The molecule has 7 heteroatoms. The lowest BCUT2D eigenvalue weighted by Crippen LogP contribution is -2.22. The van der Waals surface area contributed by atoms with Gasteiger partial charge in [-0.2, -0.15) is 0 Å². The van der Waals surface area contributed by atoms with E-state index in [-0.39, 0.29) is 5.91 Å². The molecular formula is C13H12N4O2S. The SMILES string of the molecule is Cn1cnnc1SCNC(=O)c1cc2ccccc2o1. The molecule has 2 aromatic heterocycles. The predicted molar refractivity (Wildman–Crippen MR) is 75.4 cm³/mol. The molecule has 1 amide bonds. The lowest BCUT2D eigenvalue weighted by Gasteiger charge is -2.02. The molecule has 1 aromatic carbocycles. The van der Waals surface area contributed by atoms with E-state index in [1.807, 2.05) is 31.3 Å². The Kier molecular flexibility index (Phi) is 3.42. The molecule has 1 N–H and O–H groups in total. The second-order valence-electron chi connectivity index (χ2n) is 4.17. The van der Waals surface area contributed by atoms with Gasteiger partial charge in [0, 0.05) is 12.4 Å². The Morgan fingerprint density at radius 3 is 3.05 bits per heavy atom. The lowest BCUT2D eigenvalue weighted by molar-refractivity contribution is 0.0935. The zero-order valence-electron chi connectivity index (χ0n) is 10.7. The van der Waals surface area contributed by atoms with Gasteiger partial charge in [-0.05, 0) is 12.1 Å². The summed E-state index contributed by atoms with van der Waals surface area (Å²) in [6.07, 6.45) is 1.61. The highest BCUT2D eigenvalue weighted by Crippen LogP contribution is 2.19. The van der Waals surface area contributed by atoms with Crippen molar-refractivity contribution in [3.05, 3.63) is 42.4 Å². The molecule has 0 fully saturated rings. The summed E-state index contributed by atoms with van der Waals surface area (Å²) in [5.41, 5.74) is 0.707. The van der Waals surface area contributed by atoms with Gasteiger partial charge >= 0.3 is 0 Å². The number of hydrogen-bond acceptors (Lipinski definition) is 5. The van der Waals surface area contributed by atoms with E-state index in [1.54, 1.807) is 17.0 Å². The second kappa shape index (κ2) is 5.38. The standard InChI is InChI=1S/C13H12N4O2S/c1-17-7-15-16-13(17)20-8-14-12(18)11-6-9-4-2-3-5-10(9)19-11/h2-7H,8H2,1H3,(H,14,18). The minimum Gasteiger partial charge on any atom is -0.451 e. The van der Waals surface area contributed by atoms with E-state index in [2.05, 4.69) is 15.5 Å². The van der Waals surface area contributed by atoms with Crippen LogP contribution in [0.25, 0.3) is 11.0 Å². The average molecular weight is 288 g/mol. The molecule has 0 bridgehead atoms. The molecule has 0 saturated carbocycles. The molecule has 6 nitrogen and oxygen atoms in total. The Morgan fingerprint density at radius 2 is 2.30 bits per heavy atom. The van der Waals surface area contributed by atoms with E-state index in [4.69, 9.17) is 4.42 Å². The summed E-state index contributed by atoms with van der Waals surface area (Å²) in [5.74, 6) is 0.475. The van der Waals surface area contributed by atoms with Crippen LogP contribution in [0, 0.1) is 0 Å². The van der Waals surface area contributed by atoms with E-state index in [1.165, 1.54) is 11.8 Å². The van der Waals surface area contributed by atoms with Gasteiger partial charge in [0.15, 0.2) is 10.9 Å². The minimum absolute atomic E-state index is 0.240. The number of carbonyl (C=O) groups excluding carboxylic acids is 1. The zero-order valence-corrected chi connectivity index (χ0v) is 11.6. The fourth-order valence-corrected chi connectivity index (χ4v) is 2.44. The number of amides is 1. The number of nitrogens with zero attached hydrogens (tertiary/aromatic N) is 3. The number of benzene rings is 1. The lowest BCUT2D eigenvalue weighted by atomic mass is 10.2. The largest absolute Gasteiger partial charge is 0.451 e. The van der Waals surface area contributed by atoms with Crippen LogP contribution in [0.1, 0.15) is 10.6 Å². The summed E-state index contributed by atoms with van der Waals surface area (Å²) in [6.45, 7) is 0. The first-order valence-electron chi connectivity index (χ1n) is 5.97. The molecule has 0 atom stereocenters. The summed E-state index contributed by atoms with van der Waals surface area (Å²) < 4.78 is 7.28. The Bertz CT molecular complexity index is 717. The zero-order chi connectivity index (χ0) is 13.9. The monoisotopic (exact) mass is 288 g/mol. The number of para-hydroxylation sites is 1. The fourth-order valence-electron chi connectivity index (χ4n) is 1.75. The smallest absolute Gasteiger partial charge is 0.287 e. The van der Waals surface area contributed by atoms with Crippen molar-refractivity contribution in [3.63, 3.8) is 0 Å². The van der Waals surface area contributed by atoms with Crippen molar-refractivity contribution >= 4 is 28.6 Å². The van der Waals surface area contributed by atoms with Crippen LogP contribution in [0.3, 0.4) is 0 Å². The number of furan rings is 1. The van der Waals surface area contributed by atoms with E-state index < -0.39 is 0 Å². The number of carbonyl (C=O) groups is 1. The van der Waals surface area contributed by atoms with Gasteiger partial charge in [-0.1, -0.05) is 30.0 Å².